The number of hydrogen-bond acceptors (Lipinski definition) is 5. The van der Waals surface area contributed by atoms with E-state index in [4.69, 9.17) is 14.6 Å². The van der Waals surface area contributed by atoms with Gasteiger partial charge in [0.2, 0.25) is 0 Å². The van der Waals surface area contributed by atoms with Gasteiger partial charge in [-0.15, -0.1) is 0 Å². The molecule has 2 aromatic heterocycles. The summed E-state index contributed by atoms with van der Waals surface area (Å²) < 4.78 is 13.0. The number of amides is 1. The molecule has 0 unspecified atom stereocenters. The molecule has 158 valence electrons. The van der Waals surface area contributed by atoms with Crippen molar-refractivity contribution in [2.45, 2.75) is 39.2 Å². The lowest BCUT2D eigenvalue weighted by molar-refractivity contribution is 0.0648. The van der Waals surface area contributed by atoms with Crippen LogP contribution in [0.1, 0.15) is 42.4 Å². The number of methoxy groups -OCH3 is 2. The summed E-state index contributed by atoms with van der Waals surface area (Å²) in [5, 5.41) is 8.89. The quantitative estimate of drug-likeness (QED) is 0.614. The molecule has 0 saturated carbocycles. The van der Waals surface area contributed by atoms with E-state index in [1.807, 2.05) is 61.5 Å². The van der Waals surface area contributed by atoms with Gasteiger partial charge in [0, 0.05) is 29.1 Å². The van der Waals surface area contributed by atoms with E-state index in [0.717, 1.165) is 35.3 Å². The summed E-state index contributed by atoms with van der Waals surface area (Å²) in [4.78, 5) is 15.2. The molecule has 1 aliphatic carbocycles. The van der Waals surface area contributed by atoms with Crippen LogP contribution in [0.15, 0.2) is 29.0 Å². The van der Waals surface area contributed by atoms with Crippen LogP contribution in [-0.4, -0.2) is 47.4 Å². The van der Waals surface area contributed by atoms with Gasteiger partial charge in [-0.05, 0) is 62.8 Å². The molecule has 0 radical (unpaired) electrons. The second-order valence-electron chi connectivity index (χ2n) is 8.47. The van der Waals surface area contributed by atoms with Gasteiger partial charge in [-0.25, -0.2) is 4.68 Å². The summed E-state index contributed by atoms with van der Waals surface area (Å²) in [6, 6.07) is 6.05. The highest BCUT2D eigenvalue weighted by atomic mass is 32.1. The number of fused-ring (bicyclic) bond motifs is 3. The van der Waals surface area contributed by atoms with Gasteiger partial charge in [0.15, 0.2) is 17.2 Å². The predicted molar refractivity (Wildman–Crippen MR) is 119 cm³/mol. The van der Waals surface area contributed by atoms with Crippen LogP contribution in [0, 0.1) is 0 Å². The fourth-order valence-corrected chi connectivity index (χ4v) is 4.39. The van der Waals surface area contributed by atoms with Crippen LogP contribution in [-0.2, 0) is 12.8 Å². The SMILES string of the molecule is COc1cc2c(cc1OC)-c1c(c(C(=O)N(C)C(C)(C)C)nn1-c1ccsc1)CC2. The third-order valence-electron chi connectivity index (χ3n) is 5.76. The van der Waals surface area contributed by atoms with Gasteiger partial charge in [0.05, 0.1) is 25.6 Å². The standard InChI is InChI=1S/C23H27N3O3S/c1-23(2,3)25(4)22(27)20-16-8-7-14-11-18(28-5)19(29-6)12-17(14)21(16)26(24-20)15-9-10-30-13-15/h9-13H,7-8H2,1-6H3. The Morgan fingerprint density at radius 1 is 1.17 bits per heavy atom. The fraction of sp³-hybridized carbons (Fsp3) is 0.391. The molecule has 0 fully saturated rings. The van der Waals surface area contributed by atoms with Gasteiger partial charge in [0.25, 0.3) is 5.91 Å². The Labute approximate surface area is 181 Å². The number of nitrogens with zero attached hydrogens (tertiary/aromatic N) is 3. The molecule has 4 rings (SSSR count). The first kappa shape index (κ1) is 20.5. The Bertz CT molecular complexity index is 1090. The Kier molecular flexibility index (Phi) is 5.10. The van der Waals surface area contributed by atoms with Gasteiger partial charge in [-0.2, -0.15) is 16.4 Å². The van der Waals surface area contributed by atoms with E-state index in [0.29, 0.717) is 17.2 Å². The average molecular weight is 426 g/mol. The lowest BCUT2D eigenvalue weighted by Crippen LogP contribution is -2.43. The van der Waals surface area contributed by atoms with Gasteiger partial charge in [-0.3, -0.25) is 4.79 Å². The molecule has 1 aliphatic rings. The molecular weight excluding hydrogens is 398 g/mol. The number of hydrogen-bond donors (Lipinski definition) is 0. The van der Waals surface area contributed by atoms with E-state index in [1.165, 1.54) is 5.56 Å². The van der Waals surface area contributed by atoms with E-state index in [-0.39, 0.29) is 11.4 Å². The van der Waals surface area contributed by atoms with Crippen molar-refractivity contribution < 1.29 is 14.3 Å². The molecule has 1 amide bonds. The van der Waals surface area contributed by atoms with Crippen LogP contribution >= 0.6 is 11.3 Å². The van der Waals surface area contributed by atoms with Crippen molar-refractivity contribution in [3.05, 3.63) is 45.8 Å². The molecule has 0 N–H and O–H groups in total. The minimum atomic E-state index is -0.292. The number of thiophene rings is 1. The van der Waals surface area contributed by atoms with Crippen LogP contribution in [0.3, 0.4) is 0 Å². The number of aromatic nitrogens is 2. The number of aryl methyl sites for hydroxylation is 1. The van der Waals surface area contributed by atoms with Crippen molar-refractivity contribution >= 4 is 17.2 Å². The number of carbonyl (C=O) groups is 1. The molecule has 2 heterocycles. The van der Waals surface area contributed by atoms with E-state index < -0.39 is 0 Å². The van der Waals surface area contributed by atoms with Crippen LogP contribution in [0.25, 0.3) is 16.9 Å². The summed E-state index contributed by atoms with van der Waals surface area (Å²) in [6.07, 6.45) is 1.57. The third-order valence-corrected chi connectivity index (χ3v) is 6.43. The minimum Gasteiger partial charge on any atom is -0.493 e. The van der Waals surface area contributed by atoms with Crippen molar-refractivity contribution in [1.82, 2.24) is 14.7 Å². The summed E-state index contributed by atoms with van der Waals surface area (Å²) in [6.45, 7) is 6.08. The number of carbonyl (C=O) groups excluding carboxylic acids is 1. The number of ether oxygens (including phenoxy) is 2. The van der Waals surface area contributed by atoms with Crippen molar-refractivity contribution in [2.24, 2.45) is 0 Å². The Balaban J connectivity index is 1.95. The van der Waals surface area contributed by atoms with E-state index in [2.05, 4.69) is 0 Å². The topological polar surface area (TPSA) is 56.6 Å². The van der Waals surface area contributed by atoms with Crippen LogP contribution in [0.5, 0.6) is 11.5 Å². The van der Waals surface area contributed by atoms with Crippen LogP contribution < -0.4 is 9.47 Å². The predicted octanol–water partition coefficient (Wildman–Crippen LogP) is 4.59. The molecule has 0 aliphatic heterocycles. The normalized spacial score (nSPS) is 12.9. The average Bonchev–Trinajstić information content (AvgIpc) is 3.38. The maximum absolute atomic E-state index is 13.4. The van der Waals surface area contributed by atoms with E-state index >= 15 is 0 Å². The maximum Gasteiger partial charge on any atom is 0.274 e. The first-order valence-corrected chi connectivity index (χ1v) is 10.9. The molecule has 6 nitrogen and oxygen atoms in total. The van der Waals surface area contributed by atoms with E-state index in [1.54, 1.807) is 30.5 Å². The lowest BCUT2D eigenvalue weighted by atomic mass is 9.88. The molecule has 7 heteroatoms. The summed E-state index contributed by atoms with van der Waals surface area (Å²) in [5.74, 6) is 1.32. The van der Waals surface area contributed by atoms with Gasteiger partial charge in [0.1, 0.15) is 0 Å². The van der Waals surface area contributed by atoms with Crippen molar-refractivity contribution in [1.29, 1.82) is 0 Å². The molecule has 30 heavy (non-hydrogen) atoms. The lowest BCUT2D eigenvalue weighted by Gasteiger charge is -2.31. The van der Waals surface area contributed by atoms with Gasteiger partial charge in [-0.1, -0.05) is 0 Å². The monoisotopic (exact) mass is 425 g/mol. The molecule has 1 aromatic carbocycles. The zero-order chi connectivity index (χ0) is 21.6. The van der Waals surface area contributed by atoms with Gasteiger partial charge >= 0.3 is 0 Å². The largest absolute Gasteiger partial charge is 0.493 e. The van der Waals surface area contributed by atoms with Crippen molar-refractivity contribution in [2.75, 3.05) is 21.3 Å². The van der Waals surface area contributed by atoms with Crippen LogP contribution in [0.2, 0.25) is 0 Å². The first-order valence-electron chi connectivity index (χ1n) is 9.94. The van der Waals surface area contributed by atoms with Crippen molar-refractivity contribution in [3.8, 4) is 28.4 Å². The minimum absolute atomic E-state index is 0.0587. The fourth-order valence-electron chi connectivity index (χ4n) is 3.77. The second-order valence-corrected chi connectivity index (χ2v) is 9.25. The Hall–Kier alpha value is -2.80. The smallest absolute Gasteiger partial charge is 0.274 e. The highest BCUT2D eigenvalue weighted by molar-refractivity contribution is 7.08. The second kappa shape index (κ2) is 7.47. The summed E-state index contributed by atoms with van der Waals surface area (Å²) >= 11 is 1.61. The molecule has 0 bridgehead atoms. The number of benzene rings is 1. The Morgan fingerprint density at radius 3 is 2.47 bits per heavy atom. The van der Waals surface area contributed by atoms with Crippen LogP contribution in [0.4, 0.5) is 0 Å². The zero-order valence-electron chi connectivity index (χ0n) is 18.3. The first-order chi connectivity index (χ1) is 14.3. The Morgan fingerprint density at radius 2 is 1.87 bits per heavy atom. The molecule has 0 spiro atoms. The van der Waals surface area contributed by atoms with Gasteiger partial charge < -0.3 is 14.4 Å². The summed E-state index contributed by atoms with van der Waals surface area (Å²) in [7, 11) is 5.12. The van der Waals surface area contributed by atoms with Crippen molar-refractivity contribution in [3.63, 3.8) is 0 Å². The third kappa shape index (κ3) is 3.27. The maximum atomic E-state index is 13.4. The van der Waals surface area contributed by atoms with E-state index in [9.17, 15) is 4.79 Å². The molecule has 0 atom stereocenters. The highest BCUT2D eigenvalue weighted by Gasteiger charge is 2.33. The highest BCUT2D eigenvalue weighted by Crippen LogP contribution is 2.42. The zero-order valence-corrected chi connectivity index (χ0v) is 19.1. The molecule has 0 saturated heterocycles. The number of rotatable bonds is 4. The molecular formula is C23H27N3O3S. The molecule has 3 aromatic rings. The summed E-state index contributed by atoms with van der Waals surface area (Å²) in [5.41, 5.74) is 5.33.